The van der Waals surface area contributed by atoms with Gasteiger partial charge in [0.15, 0.2) is 5.75 Å². The van der Waals surface area contributed by atoms with Crippen LogP contribution in [0.4, 0.5) is 5.69 Å². The van der Waals surface area contributed by atoms with Crippen LogP contribution < -0.4 is 15.4 Å². The second kappa shape index (κ2) is 6.21. The molecule has 0 aliphatic carbocycles. The van der Waals surface area contributed by atoms with Crippen molar-refractivity contribution in [2.45, 2.75) is 31.9 Å². The average Bonchev–Trinajstić information content (AvgIpc) is 2.46. The van der Waals surface area contributed by atoms with Gasteiger partial charge >= 0.3 is 0 Å². The Morgan fingerprint density at radius 1 is 1.47 bits per heavy atom. The SMILES string of the molecule is COc1cnc(C)cc1N1CCC(OC)CC1CN. The maximum Gasteiger partial charge on any atom is 0.160 e. The molecule has 2 unspecified atom stereocenters. The number of pyridine rings is 1. The van der Waals surface area contributed by atoms with E-state index in [1.165, 1.54) is 0 Å². The van der Waals surface area contributed by atoms with Gasteiger partial charge in [-0.25, -0.2) is 0 Å². The number of hydrogen-bond acceptors (Lipinski definition) is 5. The molecule has 2 N–H and O–H groups in total. The molecule has 5 nitrogen and oxygen atoms in total. The topological polar surface area (TPSA) is 60.6 Å². The minimum absolute atomic E-state index is 0.286. The lowest BCUT2D eigenvalue weighted by Gasteiger charge is -2.40. The molecule has 0 radical (unpaired) electrons. The molecule has 0 amide bonds. The van der Waals surface area contributed by atoms with Gasteiger partial charge in [-0.3, -0.25) is 4.98 Å². The van der Waals surface area contributed by atoms with Gasteiger partial charge in [0, 0.05) is 31.9 Å². The number of aryl methyl sites for hydroxylation is 1. The van der Waals surface area contributed by atoms with Crippen LogP contribution in [0.2, 0.25) is 0 Å². The summed E-state index contributed by atoms with van der Waals surface area (Å²) >= 11 is 0. The average molecular weight is 265 g/mol. The molecule has 1 aliphatic rings. The first-order valence-corrected chi connectivity index (χ1v) is 6.69. The Hall–Kier alpha value is -1.33. The normalized spacial score (nSPS) is 23.5. The largest absolute Gasteiger partial charge is 0.493 e. The molecule has 0 bridgehead atoms. The zero-order chi connectivity index (χ0) is 13.8. The van der Waals surface area contributed by atoms with Crippen molar-refractivity contribution in [1.82, 2.24) is 4.98 Å². The van der Waals surface area contributed by atoms with Crippen LogP contribution in [0.3, 0.4) is 0 Å². The Balaban J connectivity index is 2.27. The molecule has 106 valence electrons. The van der Waals surface area contributed by atoms with Crippen molar-refractivity contribution >= 4 is 5.69 Å². The molecule has 1 saturated heterocycles. The van der Waals surface area contributed by atoms with E-state index in [0.717, 1.165) is 36.5 Å². The van der Waals surface area contributed by atoms with Crippen molar-refractivity contribution in [3.63, 3.8) is 0 Å². The molecule has 0 spiro atoms. The predicted molar refractivity (Wildman–Crippen MR) is 75.7 cm³/mol. The number of anilines is 1. The number of aromatic nitrogens is 1. The van der Waals surface area contributed by atoms with E-state index >= 15 is 0 Å². The summed E-state index contributed by atoms with van der Waals surface area (Å²) in [6, 6.07) is 2.35. The summed E-state index contributed by atoms with van der Waals surface area (Å²) in [4.78, 5) is 6.60. The maximum atomic E-state index is 5.92. The van der Waals surface area contributed by atoms with E-state index in [-0.39, 0.29) is 6.04 Å². The minimum atomic E-state index is 0.286. The molecule has 5 heteroatoms. The third-order valence-electron chi connectivity index (χ3n) is 3.79. The summed E-state index contributed by atoms with van der Waals surface area (Å²) in [5, 5.41) is 0. The van der Waals surface area contributed by atoms with Gasteiger partial charge in [0.05, 0.1) is 25.1 Å². The number of hydrogen-bond donors (Lipinski definition) is 1. The molecule has 0 saturated carbocycles. The first-order valence-electron chi connectivity index (χ1n) is 6.69. The van der Waals surface area contributed by atoms with Crippen molar-refractivity contribution in [3.05, 3.63) is 18.0 Å². The van der Waals surface area contributed by atoms with Crippen molar-refractivity contribution in [1.29, 1.82) is 0 Å². The van der Waals surface area contributed by atoms with E-state index in [4.69, 9.17) is 15.2 Å². The summed E-state index contributed by atoms with van der Waals surface area (Å²) < 4.78 is 10.9. The van der Waals surface area contributed by atoms with Gasteiger partial charge in [-0.2, -0.15) is 0 Å². The van der Waals surface area contributed by atoms with E-state index < -0.39 is 0 Å². The first-order chi connectivity index (χ1) is 9.19. The van der Waals surface area contributed by atoms with Gasteiger partial charge in [0.2, 0.25) is 0 Å². The van der Waals surface area contributed by atoms with E-state index in [1.807, 2.05) is 6.92 Å². The van der Waals surface area contributed by atoms with Crippen molar-refractivity contribution < 1.29 is 9.47 Å². The van der Waals surface area contributed by atoms with Gasteiger partial charge in [0.1, 0.15) is 0 Å². The number of nitrogens with two attached hydrogens (primary N) is 1. The fraction of sp³-hybridized carbons (Fsp3) is 0.643. The lowest BCUT2D eigenvalue weighted by Crippen LogP contribution is -2.48. The summed E-state index contributed by atoms with van der Waals surface area (Å²) in [5.41, 5.74) is 7.99. The fourth-order valence-corrected chi connectivity index (χ4v) is 2.68. The third kappa shape index (κ3) is 2.98. The zero-order valence-electron chi connectivity index (χ0n) is 11.9. The predicted octanol–water partition coefficient (Wildman–Crippen LogP) is 1.34. The van der Waals surface area contributed by atoms with Gasteiger partial charge in [-0.05, 0) is 25.8 Å². The highest BCUT2D eigenvalue weighted by molar-refractivity contribution is 5.59. The number of methoxy groups -OCH3 is 2. The van der Waals surface area contributed by atoms with Crippen LogP contribution in [0.25, 0.3) is 0 Å². The summed E-state index contributed by atoms with van der Waals surface area (Å²) in [7, 11) is 3.44. The Kier molecular flexibility index (Phi) is 4.61. The van der Waals surface area contributed by atoms with Crippen LogP contribution >= 0.6 is 0 Å². The number of piperidine rings is 1. The Bertz CT molecular complexity index is 425. The number of rotatable bonds is 4. The summed E-state index contributed by atoms with van der Waals surface area (Å²) in [6.07, 6.45) is 4.05. The number of nitrogens with zero attached hydrogens (tertiary/aromatic N) is 2. The molecule has 0 aromatic carbocycles. The van der Waals surface area contributed by atoms with Gasteiger partial charge in [-0.15, -0.1) is 0 Å². The molecule has 19 heavy (non-hydrogen) atoms. The third-order valence-corrected chi connectivity index (χ3v) is 3.79. The Morgan fingerprint density at radius 2 is 2.26 bits per heavy atom. The van der Waals surface area contributed by atoms with Crippen LogP contribution in [0.1, 0.15) is 18.5 Å². The van der Waals surface area contributed by atoms with Crippen molar-refractivity contribution in [2.75, 3.05) is 32.2 Å². The van der Waals surface area contributed by atoms with Gasteiger partial charge in [0.25, 0.3) is 0 Å². The van der Waals surface area contributed by atoms with Crippen LogP contribution in [-0.4, -0.2) is 44.4 Å². The summed E-state index contributed by atoms with van der Waals surface area (Å²) in [5.74, 6) is 0.805. The van der Waals surface area contributed by atoms with E-state index in [1.54, 1.807) is 20.4 Å². The molecule has 1 aromatic rings. The van der Waals surface area contributed by atoms with Gasteiger partial charge in [-0.1, -0.05) is 0 Å². The zero-order valence-corrected chi connectivity index (χ0v) is 11.9. The molecule has 2 atom stereocenters. The number of ether oxygens (including phenoxy) is 2. The van der Waals surface area contributed by atoms with Gasteiger partial charge < -0.3 is 20.1 Å². The second-order valence-electron chi connectivity index (χ2n) is 4.96. The molecule has 2 heterocycles. The van der Waals surface area contributed by atoms with E-state index in [2.05, 4.69) is 16.0 Å². The van der Waals surface area contributed by atoms with Crippen LogP contribution in [0, 0.1) is 6.92 Å². The van der Waals surface area contributed by atoms with E-state index in [9.17, 15) is 0 Å². The van der Waals surface area contributed by atoms with E-state index in [0.29, 0.717) is 12.6 Å². The van der Waals surface area contributed by atoms with Crippen molar-refractivity contribution in [3.8, 4) is 5.75 Å². The highest BCUT2D eigenvalue weighted by Crippen LogP contribution is 2.33. The lowest BCUT2D eigenvalue weighted by atomic mass is 9.98. The Morgan fingerprint density at radius 3 is 2.89 bits per heavy atom. The molecular weight excluding hydrogens is 242 g/mol. The minimum Gasteiger partial charge on any atom is -0.493 e. The molecule has 1 fully saturated rings. The van der Waals surface area contributed by atoms with Crippen LogP contribution in [0.5, 0.6) is 5.75 Å². The van der Waals surface area contributed by atoms with Crippen LogP contribution in [0.15, 0.2) is 12.3 Å². The quantitative estimate of drug-likeness (QED) is 0.890. The second-order valence-corrected chi connectivity index (χ2v) is 4.96. The first kappa shape index (κ1) is 14.1. The lowest BCUT2D eigenvalue weighted by molar-refractivity contribution is 0.0708. The molecule has 1 aliphatic heterocycles. The van der Waals surface area contributed by atoms with Crippen molar-refractivity contribution in [2.24, 2.45) is 5.73 Å². The maximum absolute atomic E-state index is 5.92. The monoisotopic (exact) mass is 265 g/mol. The molecular formula is C14H23N3O2. The Labute approximate surface area is 114 Å². The molecule has 2 rings (SSSR count). The molecule has 1 aromatic heterocycles. The van der Waals surface area contributed by atoms with Crippen LogP contribution in [-0.2, 0) is 4.74 Å². The smallest absolute Gasteiger partial charge is 0.160 e. The fourth-order valence-electron chi connectivity index (χ4n) is 2.68. The standard InChI is InChI=1S/C14H23N3O2/c1-10-6-13(14(19-3)9-16-10)17-5-4-12(18-2)7-11(17)8-15/h6,9,11-12H,4-5,7-8,15H2,1-3H3. The highest BCUT2D eigenvalue weighted by atomic mass is 16.5. The highest BCUT2D eigenvalue weighted by Gasteiger charge is 2.29. The summed E-state index contributed by atoms with van der Waals surface area (Å²) in [6.45, 7) is 3.53.